The first kappa shape index (κ1) is 17.8. The fourth-order valence-corrected chi connectivity index (χ4v) is 2.79. The van der Waals surface area contributed by atoms with Gasteiger partial charge in [0.25, 0.3) is 0 Å². The van der Waals surface area contributed by atoms with E-state index >= 15 is 0 Å². The van der Waals surface area contributed by atoms with Crippen molar-refractivity contribution in [3.05, 3.63) is 52.3 Å². The number of anilines is 1. The fraction of sp³-hybridized carbons (Fsp3) is 0.368. The summed E-state index contributed by atoms with van der Waals surface area (Å²) in [5.41, 5.74) is 4.99. The van der Waals surface area contributed by atoms with E-state index in [4.69, 9.17) is 4.74 Å². The molecule has 0 aliphatic carbocycles. The van der Waals surface area contributed by atoms with E-state index in [0.29, 0.717) is 12.2 Å². The van der Waals surface area contributed by atoms with Crippen LogP contribution in [0.25, 0.3) is 0 Å². The minimum atomic E-state index is -0.355. The average molecular weight is 328 g/mol. The number of aromatic nitrogens is 1. The summed E-state index contributed by atoms with van der Waals surface area (Å²) in [7, 11) is 0. The Morgan fingerprint density at radius 2 is 1.75 bits per heavy atom. The first-order valence-electron chi connectivity index (χ1n) is 8.05. The molecule has 1 heterocycles. The zero-order valence-electron chi connectivity index (χ0n) is 14.9. The zero-order chi connectivity index (χ0) is 17.9. The van der Waals surface area contributed by atoms with Gasteiger partial charge in [-0.05, 0) is 51.8 Å². The fourth-order valence-electron chi connectivity index (χ4n) is 2.79. The van der Waals surface area contributed by atoms with Crippen LogP contribution < -0.4 is 5.32 Å². The lowest BCUT2D eigenvalue weighted by molar-refractivity contribution is -0.116. The Morgan fingerprint density at radius 3 is 2.33 bits per heavy atom. The third-order valence-corrected chi connectivity index (χ3v) is 4.12. The number of esters is 1. The Hall–Kier alpha value is -2.56. The highest BCUT2D eigenvalue weighted by Gasteiger charge is 2.18. The average Bonchev–Trinajstić information content (AvgIpc) is 2.79. The van der Waals surface area contributed by atoms with Gasteiger partial charge in [-0.25, -0.2) is 4.79 Å². The van der Waals surface area contributed by atoms with Gasteiger partial charge < -0.3 is 14.6 Å². The number of hydrogen-bond donors (Lipinski definition) is 1. The molecule has 0 radical (unpaired) electrons. The molecule has 0 saturated heterocycles. The number of carbonyl (C=O) groups excluding carboxylic acids is 2. The van der Waals surface area contributed by atoms with Crippen LogP contribution in [0, 0.1) is 27.7 Å². The first-order valence-corrected chi connectivity index (χ1v) is 8.05. The van der Waals surface area contributed by atoms with E-state index in [9.17, 15) is 9.59 Å². The number of ether oxygens (including phenoxy) is 1. The summed E-state index contributed by atoms with van der Waals surface area (Å²) < 4.78 is 6.88. The highest BCUT2D eigenvalue weighted by Crippen LogP contribution is 2.20. The van der Waals surface area contributed by atoms with E-state index in [-0.39, 0.29) is 18.4 Å². The molecule has 0 aliphatic heterocycles. The monoisotopic (exact) mass is 328 g/mol. The lowest BCUT2D eigenvalue weighted by Crippen LogP contribution is -2.21. The summed E-state index contributed by atoms with van der Waals surface area (Å²) in [6, 6.07) is 7.66. The maximum absolute atomic E-state index is 12.4. The second-order valence-corrected chi connectivity index (χ2v) is 5.91. The van der Waals surface area contributed by atoms with Gasteiger partial charge in [-0.15, -0.1) is 0 Å². The second kappa shape index (κ2) is 7.34. The summed E-state index contributed by atoms with van der Waals surface area (Å²) in [5.74, 6) is -0.475. The van der Waals surface area contributed by atoms with E-state index in [2.05, 4.69) is 5.32 Å². The predicted octanol–water partition coefficient (Wildman–Crippen LogP) is 3.54. The Kier molecular flexibility index (Phi) is 5.44. The molecule has 1 N–H and O–H groups in total. The van der Waals surface area contributed by atoms with Crippen molar-refractivity contribution < 1.29 is 14.3 Å². The maximum Gasteiger partial charge on any atom is 0.339 e. The molecule has 0 saturated carbocycles. The van der Waals surface area contributed by atoms with Crippen molar-refractivity contribution in [1.82, 2.24) is 4.57 Å². The minimum Gasteiger partial charge on any atom is -0.462 e. The third kappa shape index (κ3) is 3.67. The molecule has 1 amide bonds. The number of rotatable bonds is 5. The number of benzene rings is 1. The van der Waals surface area contributed by atoms with Gasteiger partial charge in [-0.1, -0.05) is 18.2 Å². The van der Waals surface area contributed by atoms with Crippen molar-refractivity contribution in [1.29, 1.82) is 0 Å². The van der Waals surface area contributed by atoms with Crippen molar-refractivity contribution >= 4 is 17.6 Å². The quantitative estimate of drug-likeness (QED) is 0.854. The number of nitrogens with zero attached hydrogens (tertiary/aromatic N) is 1. The number of nitrogens with one attached hydrogen (secondary N) is 1. The Bertz CT molecular complexity index is 755. The van der Waals surface area contributed by atoms with Crippen molar-refractivity contribution in [2.75, 3.05) is 11.9 Å². The van der Waals surface area contributed by atoms with E-state index in [1.54, 1.807) is 13.0 Å². The van der Waals surface area contributed by atoms with Gasteiger partial charge in [0.2, 0.25) is 5.91 Å². The molecule has 128 valence electrons. The Labute approximate surface area is 142 Å². The third-order valence-electron chi connectivity index (χ3n) is 4.12. The van der Waals surface area contributed by atoms with E-state index in [0.717, 1.165) is 28.2 Å². The van der Waals surface area contributed by atoms with Gasteiger partial charge in [-0.2, -0.15) is 0 Å². The molecule has 24 heavy (non-hydrogen) atoms. The molecule has 0 spiro atoms. The van der Waals surface area contributed by atoms with E-state index < -0.39 is 0 Å². The normalized spacial score (nSPS) is 10.5. The molecule has 1 aromatic heterocycles. The van der Waals surface area contributed by atoms with Crippen LogP contribution in [0.15, 0.2) is 24.3 Å². The zero-order valence-corrected chi connectivity index (χ0v) is 14.9. The molecule has 2 aromatic rings. The number of aryl methyl sites for hydroxylation is 3. The highest BCUT2D eigenvalue weighted by molar-refractivity contribution is 5.93. The smallest absolute Gasteiger partial charge is 0.339 e. The minimum absolute atomic E-state index is 0.121. The number of amides is 1. The van der Waals surface area contributed by atoms with E-state index in [1.165, 1.54) is 0 Å². The first-order chi connectivity index (χ1) is 11.3. The highest BCUT2D eigenvalue weighted by atomic mass is 16.5. The molecule has 0 aliphatic rings. The maximum atomic E-state index is 12.4. The molecule has 0 bridgehead atoms. The molecule has 1 aromatic carbocycles. The van der Waals surface area contributed by atoms with Gasteiger partial charge in [-0.3, -0.25) is 4.79 Å². The van der Waals surface area contributed by atoms with Crippen LogP contribution in [0.5, 0.6) is 0 Å². The predicted molar refractivity (Wildman–Crippen MR) is 94.4 cm³/mol. The molecule has 0 fully saturated rings. The van der Waals surface area contributed by atoms with Crippen molar-refractivity contribution in [2.45, 2.75) is 41.2 Å². The topological polar surface area (TPSA) is 60.3 Å². The summed E-state index contributed by atoms with van der Waals surface area (Å²) >= 11 is 0. The molecule has 0 atom stereocenters. The number of para-hydroxylation sites is 1. The van der Waals surface area contributed by atoms with Gasteiger partial charge in [0.05, 0.1) is 12.2 Å². The van der Waals surface area contributed by atoms with Crippen molar-refractivity contribution in [3.63, 3.8) is 0 Å². The van der Waals surface area contributed by atoms with Crippen LogP contribution in [0.2, 0.25) is 0 Å². The van der Waals surface area contributed by atoms with Crippen LogP contribution in [0.1, 0.15) is 39.8 Å². The standard InChI is InChI=1S/C19H24N2O3/c1-6-24-19(23)16-10-14(4)21(15(16)5)11-17(22)20-18-12(2)8-7-9-13(18)3/h7-10H,6,11H2,1-5H3,(H,20,22). The Balaban J connectivity index is 2.19. The van der Waals surface area contributed by atoms with Gasteiger partial charge in [0.15, 0.2) is 0 Å². The second-order valence-electron chi connectivity index (χ2n) is 5.91. The molecule has 5 nitrogen and oxygen atoms in total. The van der Waals surface area contributed by atoms with Gasteiger partial charge >= 0.3 is 5.97 Å². The Morgan fingerprint density at radius 1 is 1.12 bits per heavy atom. The summed E-state index contributed by atoms with van der Waals surface area (Å²) in [6.45, 7) is 9.89. The van der Waals surface area contributed by atoms with Gasteiger partial charge in [0.1, 0.15) is 6.54 Å². The summed E-state index contributed by atoms with van der Waals surface area (Å²) in [5, 5.41) is 2.97. The van der Waals surface area contributed by atoms with Crippen LogP contribution >= 0.6 is 0 Å². The van der Waals surface area contributed by atoms with Crippen molar-refractivity contribution in [2.24, 2.45) is 0 Å². The van der Waals surface area contributed by atoms with Gasteiger partial charge in [0, 0.05) is 17.1 Å². The van der Waals surface area contributed by atoms with Crippen LogP contribution in [-0.2, 0) is 16.1 Å². The van der Waals surface area contributed by atoms with Crippen LogP contribution in [-0.4, -0.2) is 23.1 Å². The SMILES string of the molecule is CCOC(=O)c1cc(C)n(CC(=O)Nc2c(C)cccc2C)c1C. The van der Waals surface area contributed by atoms with Crippen LogP contribution in [0.3, 0.4) is 0 Å². The molecule has 0 unspecified atom stereocenters. The van der Waals surface area contributed by atoms with E-state index in [1.807, 2.05) is 50.5 Å². The molecular formula is C19H24N2O3. The largest absolute Gasteiger partial charge is 0.462 e. The number of hydrogen-bond acceptors (Lipinski definition) is 3. The molecule has 2 rings (SSSR count). The lowest BCUT2D eigenvalue weighted by atomic mass is 10.1. The molecule has 5 heteroatoms. The molecular weight excluding hydrogens is 304 g/mol. The van der Waals surface area contributed by atoms with Crippen molar-refractivity contribution in [3.8, 4) is 0 Å². The summed E-state index contributed by atoms with van der Waals surface area (Å²) in [6.07, 6.45) is 0. The lowest BCUT2D eigenvalue weighted by Gasteiger charge is -2.14. The number of carbonyl (C=O) groups is 2. The van der Waals surface area contributed by atoms with Crippen LogP contribution in [0.4, 0.5) is 5.69 Å². The summed E-state index contributed by atoms with van der Waals surface area (Å²) in [4.78, 5) is 24.4.